The van der Waals surface area contributed by atoms with E-state index in [2.05, 4.69) is 37.2 Å². The van der Waals surface area contributed by atoms with Gasteiger partial charge in [-0.05, 0) is 44.8 Å². The number of thiophene rings is 1. The minimum Gasteiger partial charge on any atom is -0.348 e. The second-order valence-electron chi connectivity index (χ2n) is 2.85. The molecule has 3 N–H and O–H groups in total. The van der Waals surface area contributed by atoms with Crippen molar-refractivity contribution in [3.05, 3.63) is 19.2 Å². The summed E-state index contributed by atoms with van der Waals surface area (Å²) < 4.78 is 1.75. The first kappa shape index (κ1) is 15.4. The zero-order chi connectivity index (χ0) is 10.7. The molecule has 1 amide bonds. The second-order valence-corrected chi connectivity index (χ2v) is 6.60. The monoisotopic (exact) mass is 376 g/mol. The molecular formula is C8H11Br2ClN2OS. The summed E-state index contributed by atoms with van der Waals surface area (Å²) in [5, 5.41) is 2.79. The summed E-state index contributed by atoms with van der Waals surface area (Å²) in [6.45, 7) is 2.31. The number of halogens is 3. The van der Waals surface area contributed by atoms with E-state index in [-0.39, 0.29) is 24.4 Å². The van der Waals surface area contributed by atoms with Gasteiger partial charge >= 0.3 is 0 Å². The van der Waals surface area contributed by atoms with Crippen molar-refractivity contribution in [3.8, 4) is 0 Å². The molecule has 1 rings (SSSR count). The van der Waals surface area contributed by atoms with Crippen molar-refractivity contribution in [1.82, 2.24) is 5.32 Å². The van der Waals surface area contributed by atoms with E-state index in [9.17, 15) is 4.79 Å². The van der Waals surface area contributed by atoms with E-state index in [0.717, 1.165) is 7.57 Å². The Bertz CT molecular complexity index is 345. The summed E-state index contributed by atoms with van der Waals surface area (Å²) in [7, 11) is 0. The number of nitrogens with one attached hydrogen (secondary N) is 1. The first-order valence-electron chi connectivity index (χ1n) is 4.00. The summed E-state index contributed by atoms with van der Waals surface area (Å²) in [4.78, 5) is 11.6. The summed E-state index contributed by atoms with van der Waals surface area (Å²) >= 11 is 8.12. The van der Waals surface area contributed by atoms with Crippen molar-refractivity contribution in [3.63, 3.8) is 0 Å². The maximum atomic E-state index is 11.6. The molecule has 0 aliphatic carbocycles. The van der Waals surface area contributed by atoms with Crippen molar-refractivity contribution in [2.45, 2.75) is 13.0 Å². The molecule has 0 aliphatic rings. The van der Waals surface area contributed by atoms with Gasteiger partial charge in [-0.25, -0.2) is 0 Å². The topological polar surface area (TPSA) is 55.1 Å². The second kappa shape index (κ2) is 6.85. The lowest BCUT2D eigenvalue weighted by atomic mass is 10.3. The third-order valence-electron chi connectivity index (χ3n) is 1.63. The van der Waals surface area contributed by atoms with Crippen LogP contribution in [0.2, 0.25) is 0 Å². The summed E-state index contributed by atoms with van der Waals surface area (Å²) in [6.07, 6.45) is 0. The fourth-order valence-corrected chi connectivity index (χ4v) is 3.65. The third kappa shape index (κ3) is 4.40. The van der Waals surface area contributed by atoms with E-state index in [1.54, 1.807) is 6.07 Å². The molecule has 1 atom stereocenters. The first-order chi connectivity index (χ1) is 6.54. The maximum Gasteiger partial charge on any atom is 0.253 e. The van der Waals surface area contributed by atoms with Gasteiger partial charge in [-0.2, -0.15) is 0 Å². The van der Waals surface area contributed by atoms with Crippen LogP contribution in [0.1, 0.15) is 17.3 Å². The number of carbonyl (C=O) groups excluding carboxylic acids is 1. The summed E-state index contributed by atoms with van der Waals surface area (Å²) in [5.74, 6) is -0.100. The van der Waals surface area contributed by atoms with E-state index in [1.165, 1.54) is 11.3 Å². The standard InChI is InChI=1S/C8H10Br2N2OS.ClH/c1-4(3-11)12-8(13)5-2-6(9)14-7(5)10;/h2,4H,3,11H2,1H3,(H,12,13);1H/t4-;/m0./s1. The van der Waals surface area contributed by atoms with Crippen LogP contribution in [0.4, 0.5) is 0 Å². The van der Waals surface area contributed by atoms with Crippen LogP contribution in [0.25, 0.3) is 0 Å². The maximum absolute atomic E-state index is 11.6. The number of hydrogen-bond donors (Lipinski definition) is 2. The molecular weight excluding hydrogens is 367 g/mol. The van der Waals surface area contributed by atoms with E-state index >= 15 is 0 Å². The van der Waals surface area contributed by atoms with Crippen molar-refractivity contribution in [2.75, 3.05) is 6.54 Å². The summed E-state index contributed by atoms with van der Waals surface area (Å²) in [5.41, 5.74) is 6.05. The van der Waals surface area contributed by atoms with Gasteiger partial charge in [0.2, 0.25) is 0 Å². The number of nitrogens with two attached hydrogens (primary N) is 1. The van der Waals surface area contributed by atoms with Gasteiger partial charge in [0.05, 0.1) is 13.1 Å². The Morgan fingerprint density at radius 1 is 1.67 bits per heavy atom. The van der Waals surface area contributed by atoms with Crippen LogP contribution in [0.5, 0.6) is 0 Å². The molecule has 7 heteroatoms. The lowest BCUT2D eigenvalue weighted by Crippen LogP contribution is -2.37. The molecule has 0 saturated heterocycles. The van der Waals surface area contributed by atoms with Gasteiger partial charge in [-0.15, -0.1) is 23.7 Å². The zero-order valence-electron chi connectivity index (χ0n) is 7.92. The minimum atomic E-state index is -0.100. The molecule has 0 bridgehead atoms. The Kier molecular flexibility index (Phi) is 7.03. The molecule has 1 aromatic heterocycles. The van der Waals surface area contributed by atoms with Gasteiger partial charge in [0, 0.05) is 12.6 Å². The van der Waals surface area contributed by atoms with Crippen LogP contribution in [0.3, 0.4) is 0 Å². The largest absolute Gasteiger partial charge is 0.348 e. The Morgan fingerprint density at radius 2 is 2.27 bits per heavy atom. The Labute approximate surface area is 115 Å². The lowest BCUT2D eigenvalue weighted by Gasteiger charge is -2.10. The van der Waals surface area contributed by atoms with Crippen molar-refractivity contribution < 1.29 is 4.79 Å². The van der Waals surface area contributed by atoms with Gasteiger partial charge in [0.25, 0.3) is 5.91 Å². The molecule has 15 heavy (non-hydrogen) atoms. The van der Waals surface area contributed by atoms with Crippen molar-refractivity contribution in [2.24, 2.45) is 5.73 Å². The van der Waals surface area contributed by atoms with Crippen molar-refractivity contribution >= 4 is 61.5 Å². The summed E-state index contributed by atoms with van der Waals surface area (Å²) in [6, 6.07) is 1.78. The van der Waals surface area contributed by atoms with Crippen LogP contribution >= 0.6 is 55.6 Å². The van der Waals surface area contributed by atoms with Gasteiger partial charge in [0.15, 0.2) is 0 Å². The number of hydrogen-bond acceptors (Lipinski definition) is 3. The van der Waals surface area contributed by atoms with Crippen LogP contribution in [0.15, 0.2) is 13.6 Å². The normalized spacial score (nSPS) is 11.7. The van der Waals surface area contributed by atoms with E-state index in [4.69, 9.17) is 5.73 Å². The lowest BCUT2D eigenvalue weighted by molar-refractivity contribution is 0.0941. The third-order valence-corrected chi connectivity index (χ3v) is 3.97. The molecule has 3 nitrogen and oxygen atoms in total. The molecule has 0 aliphatic heterocycles. The van der Waals surface area contributed by atoms with Crippen LogP contribution in [-0.4, -0.2) is 18.5 Å². The van der Waals surface area contributed by atoms with Gasteiger partial charge in [-0.1, -0.05) is 0 Å². The molecule has 0 aromatic carbocycles. The Morgan fingerprint density at radius 3 is 2.67 bits per heavy atom. The Hall–Kier alpha value is 0.380. The Balaban J connectivity index is 0.00000196. The minimum absolute atomic E-state index is 0. The first-order valence-corrected chi connectivity index (χ1v) is 6.40. The molecule has 86 valence electrons. The molecule has 1 heterocycles. The highest BCUT2D eigenvalue weighted by atomic mass is 79.9. The highest BCUT2D eigenvalue weighted by Gasteiger charge is 2.14. The van der Waals surface area contributed by atoms with Gasteiger partial charge < -0.3 is 11.1 Å². The molecule has 1 aromatic rings. The smallest absolute Gasteiger partial charge is 0.253 e. The predicted molar refractivity (Wildman–Crippen MR) is 72.9 cm³/mol. The van der Waals surface area contributed by atoms with Gasteiger partial charge in [0.1, 0.15) is 0 Å². The van der Waals surface area contributed by atoms with E-state index in [1.807, 2.05) is 6.92 Å². The number of amides is 1. The number of rotatable bonds is 3. The molecule has 0 spiro atoms. The van der Waals surface area contributed by atoms with E-state index < -0.39 is 0 Å². The fraction of sp³-hybridized carbons (Fsp3) is 0.375. The quantitative estimate of drug-likeness (QED) is 0.850. The molecule has 0 fully saturated rings. The molecule has 0 saturated carbocycles. The highest BCUT2D eigenvalue weighted by molar-refractivity contribution is 9.12. The van der Waals surface area contributed by atoms with Crippen LogP contribution < -0.4 is 11.1 Å². The average Bonchev–Trinajstić information content (AvgIpc) is 2.45. The average molecular weight is 379 g/mol. The SMILES string of the molecule is C[C@@H](CN)NC(=O)c1cc(Br)sc1Br.Cl. The fourth-order valence-electron chi connectivity index (χ4n) is 0.856. The zero-order valence-corrected chi connectivity index (χ0v) is 12.7. The van der Waals surface area contributed by atoms with Gasteiger partial charge in [-0.3, -0.25) is 4.79 Å². The van der Waals surface area contributed by atoms with Crippen LogP contribution in [-0.2, 0) is 0 Å². The van der Waals surface area contributed by atoms with Crippen molar-refractivity contribution in [1.29, 1.82) is 0 Å². The van der Waals surface area contributed by atoms with Crippen LogP contribution in [0, 0.1) is 0 Å². The predicted octanol–water partition coefficient (Wildman–Crippen LogP) is 2.77. The van der Waals surface area contributed by atoms with E-state index in [0.29, 0.717) is 12.1 Å². The highest BCUT2D eigenvalue weighted by Crippen LogP contribution is 2.31. The number of carbonyl (C=O) groups is 1. The molecule has 0 unspecified atom stereocenters. The molecule has 0 radical (unpaired) electrons.